The van der Waals surface area contributed by atoms with E-state index in [0.717, 1.165) is 6.42 Å². The van der Waals surface area contributed by atoms with Crippen molar-refractivity contribution < 1.29 is 19.4 Å². The van der Waals surface area contributed by atoms with Gasteiger partial charge < -0.3 is 9.84 Å². The summed E-state index contributed by atoms with van der Waals surface area (Å²) in [7, 11) is 0. The van der Waals surface area contributed by atoms with Gasteiger partial charge in [0, 0.05) is 11.1 Å². The molecule has 4 nitrogen and oxygen atoms in total. The highest BCUT2D eigenvalue weighted by Gasteiger charge is 2.18. The average Bonchev–Trinajstić information content (AvgIpc) is 2.21. The Kier molecular flexibility index (Phi) is 6.42. The Hall–Kier alpha value is -1.32. The summed E-state index contributed by atoms with van der Waals surface area (Å²) in [6.45, 7) is 5.69. The van der Waals surface area contributed by atoms with Crippen molar-refractivity contribution in [2.75, 3.05) is 6.61 Å². The Labute approximate surface area is 89.9 Å². The number of carbonyl (C=O) groups is 2. The Balaban J connectivity index is 4.84. The molecule has 0 bridgehead atoms. The smallest absolute Gasteiger partial charge is 0.334 e. The van der Waals surface area contributed by atoms with Crippen molar-refractivity contribution in [2.24, 2.45) is 0 Å². The summed E-state index contributed by atoms with van der Waals surface area (Å²) in [5.41, 5.74) is 0.428. The van der Waals surface area contributed by atoms with E-state index in [1.165, 1.54) is 0 Å². The molecule has 0 aliphatic heterocycles. The molecule has 0 saturated carbocycles. The van der Waals surface area contributed by atoms with Gasteiger partial charge in [-0.1, -0.05) is 20.8 Å². The van der Waals surface area contributed by atoms with Crippen molar-refractivity contribution in [3.63, 3.8) is 0 Å². The zero-order chi connectivity index (χ0) is 11.8. The Bertz CT molecular complexity index is 266. The van der Waals surface area contributed by atoms with Gasteiger partial charge in [0.2, 0.25) is 0 Å². The maximum absolute atomic E-state index is 11.5. The topological polar surface area (TPSA) is 63.6 Å². The summed E-state index contributed by atoms with van der Waals surface area (Å²) < 4.78 is 4.92. The first kappa shape index (κ1) is 13.7. The van der Waals surface area contributed by atoms with Crippen LogP contribution in [0.3, 0.4) is 0 Å². The van der Waals surface area contributed by atoms with Gasteiger partial charge in [0.05, 0.1) is 6.61 Å². The Morgan fingerprint density at radius 1 is 1.07 bits per heavy atom. The molecule has 0 atom stereocenters. The van der Waals surface area contributed by atoms with Crippen molar-refractivity contribution in [2.45, 2.75) is 40.0 Å². The van der Waals surface area contributed by atoms with Gasteiger partial charge in [-0.3, -0.25) is 0 Å². The number of ether oxygens (including phenoxy) is 1. The number of hydrogen-bond acceptors (Lipinski definition) is 3. The van der Waals surface area contributed by atoms with Crippen LogP contribution >= 0.6 is 0 Å². The predicted octanol–water partition coefficient (Wildman–Crippen LogP) is 2.14. The SMILES string of the molecule is CCCOC(=O)/C(CC)=C(\CC)C(=O)O. The highest BCUT2D eigenvalue weighted by molar-refractivity contribution is 5.99. The third-order valence-electron chi connectivity index (χ3n) is 2.01. The molecule has 0 aliphatic carbocycles. The summed E-state index contributed by atoms with van der Waals surface area (Å²) in [6, 6.07) is 0. The molecule has 0 saturated heterocycles. The first-order valence-electron chi connectivity index (χ1n) is 5.20. The van der Waals surface area contributed by atoms with Crippen molar-refractivity contribution in [3.8, 4) is 0 Å². The molecule has 0 radical (unpaired) electrons. The van der Waals surface area contributed by atoms with E-state index in [-0.39, 0.29) is 11.1 Å². The summed E-state index contributed by atoms with van der Waals surface area (Å²) >= 11 is 0. The first-order chi connectivity index (χ1) is 7.08. The second-order valence-electron chi connectivity index (χ2n) is 3.11. The number of aliphatic carboxylic acids is 1. The minimum atomic E-state index is -1.04. The van der Waals surface area contributed by atoms with Crippen molar-refractivity contribution >= 4 is 11.9 Å². The molecule has 0 rings (SSSR count). The number of rotatable bonds is 6. The molecule has 0 fully saturated rings. The van der Waals surface area contributed by atoms with Gasteiger partial charge in [-0.15, -0.1) is 0 Å². The molecule has 15 heavy (non-hydrogen) atoms. The molecule has 0 aromatic rings. The third kappa shape index (κ3) is 4.14. The second kappa shape index (κ2) is 7.04. The molecule has 86 valence electrons. The molecule has 0 unspecified atom stereocenters. The minimum Gasteiger partial charge on any atom is -0.478 e. The number of hydrogen-bond donors (Lipinski definition) is 1. The van der Waals surface area contributed by atoms with Crippen LogP contribution < -0.4 is 0 Å². The highest BCUT2D eigenvalue weighted by atomic mass is 16.5. The normalized spacial score (nSPS) is 11.9. The van der Waals surface area contributed by atoms with E-state index in [9.17, 15) is 9.59 Å². The maximum atomic E-state index is 11.5. The van der Waals surface area contributed by atoms with E-state index in [1.54, 1.807) is 13.8 Å². The highest BCUT2D eigenvalue weighted by Crippen LogP contribution is 2.14. The maximum Gasteiger partial charge on any atom is 0.334 e. The Morgan fingerprint density at radius 2 is 1.60 bits per heavy atom. The molecule has 0 spiro atoms. The molecule has 1 N–H and O–H groups in total. The van der Waals surface area contributed by atoms with Gasteiger partial charge >= 0.3 is 11.9 Å². The van der Waals surface area contributed by atoms with Crippen LogP contribution in [0.2, 0.25) is 0 Å². The minimum absolute atomic E-state index is 0.151. The number of carboxylic acid groups (broad SMARTS) is 1. The van der Waals surface area contributed by atoms with Crippen LogP contribution in [-0.4, -0.2) is 23.7 Å². The van der Waals surface area contributed by atoms with Gasteiger partial charge in [0.25, 0.3) is 0 Å². The molecular formula is C11H18O4. The monoisotopic (exact) mass is 214 g/mol. The molecular weight excluding hydrogens is 196 g/mol. The average molecular weight is 214 g/mol. The standard InChI is InChI=1S/C11H18O4/c1-4-7-15-11(14)9(6-3)8(5-2)10(12)13/h4-7H2,1-3H3,(H,12,13)/b9-8+. The summed E-state index contributed by atoms with van der Waals surface area (Å²) in [5, 5.41) is 8.88. The van der Waals surface area contributed by atoms with Crippen LogP contribution in [0.1, 0.15) is 40.0 Å². The zero-order valence-electron chi connectivity index (χ0n) is 9.50. The Morgan fingerprint density at radius 3 is 1.93 bits per heavy atom. The van der Waals surface area contributed by atoms with E-state index >= 15 is 0 Å². The van der Waals surface area contributed by atoms with Gasteiger partial charge in [0.15, 0.2) is 0 Å². The van der Waals surface area contributed by atoms with E-state index in [0.29, 0.717) is 19.4 Å². The molecule has 4 heteroatoms. The fraction of sp³-hybridized carbons (Fsp3) is 0.636. The van der Waals surface area contributed by atoms with Gasteiger partial charge in [-0.25, -0.2) is 9.59 Å². The van der Waals surface area contributed by atoms with E-state index < -0.39 is 11.9 Å². The number of carboxylic acids is 1. The van der Waals surface area contributed by atoms with E-state index in [2.05, 4.69) is 0 Å². The van der Waals surface area contributed by atoms with Crippen LogP contribution in [0.15, 0.2) is 11.1 Å². The van der Waals surface area contributed by atoms with Crippen LogP contribution in [0, 0.1) is 0 Å². The van der Waals surface area contributed by atoms with Crippen LogP contribution in [0.4, 0.5) is 0 Å². The lowest BCUT2D eigenvalue weighted by Crippen LogP contribution is -2.14. The molecule has 0 aromatic carbocycles. The number of esters is 1. The van der Waals surface area contributed by atoms with Crippen LogP contribution in [-0.2, 0) is 14.3 Å². The quantitative estimate of drug-likeness (QED) is 0.543. The lowest BCUT2D eigenvalue weighted by Gasteiger charge is -2.08. The first-order valence-corrected chi connectivity index (χ1v) is 5.20. The van der Waals surface area contributed by atoms with E-state index in [4.69, 9.17) is 9.84 Å². The van der Waals surface area contributed by atoms with Crippen molar-refractivity contribution in [1.82, 2.24) is 0 Å². The fourth-order valence-corrected chi connectivity index (χ4v) is 1.26. The van der Waals surface area contributed by atoms with E-state index in [1.807, 2.05) is 6.92 Å². The lowest BCUT2D eigenvalue weighted by molar-refractivity contribution is -0.140. The molecule has 0 aromatic heterocycles. The molecule has 0 amide bonds. The zero-order valence-corrected chi connectivity index (χ0v) is 9.50. The summed E-state index contributed by atoms with van der Waals surface area (Å²) in [5.74, 6) is -1.54. The van der Waals surface area contributed by atoms with Gasteiger partial charge in [0.1, 0.15) is 0 Å². The summed E-state index contributed by atoms with van der Waals surface area (Å²) in [6.07, 6.45) is 1.45. The van der Waals surface area contributed by atoms with Crippen LogP contribution in [0.5, 0.6) is 0 Å². The molecule has 0 heterocycles. The van der Waals surface area contributed by atoms with Crippen molar-refractivity contribution in [1.29, 1.82) is 0 Å². The van der Waals surface area contributed by atoms with Crippen LogP contribution in [0.25, 0.3) is 0 Å². The largest absolute Gasteiger partial charge is 0.478 e. The van der Waals surface area contributed by atoms with Crippen molar-refractivity contribution in [3.05, 3.63) is 11.1 Å². The fourth-order valence-electron chi connectivity index (χ4n) is 1.26. The third-order valence-corrected chi connectivity index (χ3v) is 2.01. The molecule has 0 aliphatic rings. The van der Waals surface area contributed by atoms with Gasteiger partial charge in [-0.2, -0.15) is 0 Å². The number of carbonyl (C=O) groups excluding carboxylic acids is 1. The lowest BCUT2D eigenvalue weighted by atomic mass is 10.0. The summed E-state index contributed by atoms with van der Waals surface area (Å²) in [4.78, 5) is 22.3. The second-order valence-corrected chi connectivity index (χ2v) is 3.11. The van der Waals surface area contributed by atoms with Gasteiger partial charge in [-0.05, 0) is 19.3 Å². The predicted molar refractivity (Wildman–Crippen MR) is 56.5 cm³/mol.